The van der Waals surface area contributed by atoms with E-state index in [0.29, 0.717) is 31.2 Å². The van der Waals surface area contributed by atoms with Gasteiger partial charge in [-0.2, -0.15) is 0 Å². The fraction of sp³-hybridized carbons (Fsp3) is 0.278. The molecule has 3 aromatic rings. The predicted molar refractivity (Wildman–Crippen MR) is 98.6 cm³/mol. The second kappa shape index (κ2) is 7.80. The molecule has 0 aliphatic carbocycles. The number of amides is 1. The third kappa shape index (κ3) is 4.67. The van der Waals surface area contributed by atoms with Gasteiger partial charge in [0.2, 0.25) is 17.7 Å². The number of benzene rings is 1. The minimum atomic E-state index is 0.0274. The molecule has 25 heavy (non-hydrogen) atoms. The Bertz CT molecular complexity index is 857. The van der Waals surface area contributed by atoms with Gasteiger partial charge in [0.25, 0.3) is 0 Å². The molecule has 0 radical (unpaired) electrons. The van der Waals surface area contributed by atoms with Gasteiger partial charge >= 0.3 is 0 Å². The van der Waals surface area contributed by atoms with Crippen LogP contribution in [-0.2, 0) is 17.8 Å². The Morgan fingerprint density at radius 1 is 1.20 bits per heavy atom. The number of thiophene rings is 1. The largest absolute Gasteiger partial charge is 0.421 e. The molecule has 0 aliphatic rings. The van der Waals surface area contributed by atoms with Crippen molar-refractivity contribution in [2.75, 3.05) is 7.05 Å². The van der Waals surface area contributed by atoms with Gasteiger partial charge in [0.05, 0.1) is 10.9 Å². The Hall–Kier alpha value is -2.18. The van der Waals surface area contributed by atoms with E-state index < -0.39 is 0 Å². The normalized spacial score (nSPS) is 10.8. The molecule has 0 N–H and O–H groups in total. The van der Waals surface area contributed by atoms with Crippen LogP contribution in [0.2, 0.25) is 4.34 Å². The van der Waals surface area contributed by atoms with Crippen molar-refractivity contribution in [2.24, 2.45) is 0 Å². The van der Waals surface area contributed by atoms with Crippen molar-refractivity contribution < 1.29 is 9.21 Å². The molecule has 0 aliphatic heterocycles. The van der Waals surface area contributed by atoms with Crippen LogP contribution in [0.1, 0.15) is 22.8 Å². The van der Waals surface area contributed by atoms with Crippen molar-refractivity contribution in [1.29, 1.82) is 0 Å². The summed E-state index contributed by atoms with van der Waals surface area (Å²) in [4.78, 5) is 15.0. The van der Waals surface area contributed by atoms with Crippen LogP contribution < -0.4 is 0 Å². The van der Waals surface area contributed by atoms with Crippen LogP contribution in [0.4, 0.5) is 0 Å². The number of hydrogen-bond donors (Lipinski definition) is 0. The predicted octanol–water partition coefficient (Wildman–Crippen LogP) is 4.35. The molecule has 0 spiro atoms. The first kappa shape index (κ1) is 17.6. The summed E-state index contributed by atoms with van der Waals surface area (Å²) in [6, 6.07) is 11.6. The van der Waals surface area contributed by atoms with E-state index in [1.807, 2.05) is 43.3 Å². The number of aryl methyl sites for hydroxylation is 2. The molecule has 0 fully saturated rings. The smallest absolute Gasteiger partial charge is 0.247 e. The average molecular weight is 376 g/mol. The molecule has 7 heteroatoms. The summed E-state index contributed by atoms with van der Waals surface area (Å²) < 4.78 is 6.38. The van der Waals surface area contributed by atoms with Crippen LogP contribution in [-0.4, -0.2) is 28.1 Å². The highest BCUT2D eigenvalue weighted by Crippen LogP contribution is 2.23. The first-order chi connectivity index (χ1) is 12.0. The van der Waals surface area contributed by atoms with Gasteiger partial charge in [-0.15, -0.1) is 21.5 Å². The van der Waals surface area contributed by atoms with E-state index in [0.717, 1.165) is 14.8 Å². The summed E-state index contributed by atoms with van der Waals surface area (Å²) in [7, 11) is 1.78. The van der Waals surface area contributed by atoms with Crippen molar-refractivity contribution in [2.45, 2.75) is 26.3 Å². The fourth-order valence-corrected chi connectivity index (χ4v) is 3.47. The first-order valence-electron chi connectivity index (χ1n) is 7.89. The maximum Gasteiger partial charge on any atom is 0.247 e. The summed E-state index contributed by atoms with van der Waals surface area (Å²) in [6.45, 7) is 2.57. The number of carbonyl (C=O) groups is 1. The van der Waals surface area contributed by atoms with Crippen LogP contribution in [0.25, 0.3) is 11.5 Å². The Morgan fingerprint density at radius 3 is 2.64 bits per heavy atom. The van der Waals surface area contributed by atoms with Crippen LogP contribution in [0.15, 0.2) is 40.8 Å². The molecule has 0 saturated carbocycles. The van der Waals surface area contributed by atoms with Gasteiger partial charge in [0.1, 0.15) is 0 Å². The molecule has 1 amide bonds. The number of rotatable bonds is 6. The number of halogens is 1. The molecule has 0 bridgehead atoms. The Kier molecular flexibility index (Phi) is 5.50. The van der Waals surface area contributed by atoms with Gasteiger partial charge in [0, 0.05) is 30.3 Å². The van der Waals surface area contributed by atoms with Gasteiger partial charge in [-0.1, -0.05) is 29.3 Å². The Balaban J connectivity index is 1.54. The van der Waals surface area contributed by atoms with E-state index in [1.54, 1.807) is 11.9 Å². The zero-order valence-corrected chi connectivity index (χ0v) is 15.6. The zero-order valence-electron chi connectivity index (χ0n) is 14.0. The molecule has 5 nitrogen and oxygen atoms in total. The zero-order chi connectivity index (χ0) is 17.8. The lowest BCUT2D eigenvalue weighted by atomic mass is 10.1. The maximum absolute atomic E-state index is 12.2. The van der Waals surface area contributed by atoms with E-state index in [4.69, 9.17) is 16.0 Å². The van der Waals surface area contributed by atoms with E-state index in [-0.39, 0.29) is 5.91 Å². The Labute approximate surface area is 155 Å². The van der Waals surface area contributed by atoms with Gasteiger partial charge in [-0.3, -0.25) is 4.79 Å². The SMILES string of the molecule is Cc1ccc(-c2nnc(CCC(=O)N(C)Cc3ccc(Cl)s3)o2)cc1. The highest BCUT2D eigenvalue weighted by atomic mass is 35.5. The molecule has 0 saturated heterocycles. The third-order valence-corrected chi connectivity index (χ3v) is 4.98. The van der Waals surface area contributed by atoms with Gasteiger partial charge < -0.3 is 9.32 Å². The lowest BCUT2D eigenvalue weighted by Gasteiger charge is -2.15. The minimum Gasteiger partial charge on any atom is -0.421 e. The minimum absolute atomic E-state index is 0.0274. The summed E-state index contributed by atoms with van der Waals surface area (Å²) in [5, 5.41) is 8.09. The molecule has 130 valence electrons. The van der Waals surface area contributed by atoms with Crippen molar-refractivity contribution in [1.82, 2.24) is 15.1 Å². The monoisotopic (exact) mass is 375 g/mol. The standard InChI is InChI=1S/C18H18ClN3O2S/c1-12-3-5-13(6-4-12)18-21-20-16(24-18)9-10-17(23)22(2)11-14-7-8-15(19)25-14/h3-8H,9-11H2,1-2H3. The topological polar surface area (TPSA) is 59.2 Å². The van der Waals surface area contributed by atoms with E-state index in [9.17, 15) is 4.79 Å². The van der Waals surface area contributed by atoms with Crippen molar-refractivity contribution in [3.05, 3.63) is 57.1 Å². The number of hydrogen-bond acceptors (Lipinski definition) is 5. The highest BCUT2D eigenvalue weighted by Gasteiger charge is 2.14. The van der Waals surface area contributed by atoms with Gasteiger partial charge in [-0.25, -0.2) is 0 Å². The summed E-state index contributed by atoms with van der Waals surface area (Å²) in [5.41, 5.74) is 2.05. The van der Waals surface area contributed by atoms with Gasteiger partial charge in [0.15, 0.2) is 0 Å². The second-order valence-electron chi connectivity index (χ2n) is 5.82. The fourth-order valence-electron chi connectivity index (χ4n) is 2.33. The molecular formula is C18H18ClN3O2S. The third-order valence-electron chi connectivity index (χ3n) is 3.77. The van der Waals surface area contributed by atoms with E-state index >= 15 is 0 Å². The lowest BCUT2D eigenvalue weighted by molar-refractivity contribution is -0.130. The molecular weight excluding hydrogens is 358 g/mol. The van der Waals surface area contributed by atoms with Crippen LogP contribution >= 0.6 is 22.9 Å². The van der Waals surface area contributed by atoms with E-state index in [1.165, 1.54) is 16.9 Å². The second-order valence-corrected chi connectivity index (χ2v) is 7.62. The van der Waals surface area contributed by atoms with E-state index in [2.05, 4.69) is 10.2 Å². The quantitative estimate of drug-likeness (QED) is 0.642. The first-order valence-corrected chi connectivity index (χ1v) is 9.08. The number of carbonyl (C=O) groups excluding carboxylic acids is 1. The van der Waals surface area contributed by atoms with Crippen LogP contribution in [0.5, 0.6) is 0 Å². The number of nitrogens with zero attached hydrogens (tertiary/aromatic N) is 3. The number of aromatic nitrogens is 2. The average Bonchev–Trinajstić information content (AvgIpc) is 3.22. The molecule has 3 rings (SSSR count). The van der Waals surface area contributed by atoms with Crippen LogP contribution in [0.3, 0.4) is 0 Å². The highest BCUT2D eigenvalue weighted by molar-refractivity contribution is 7.16. The Morgan fingerprint density at radius 2 is 1.96 bits per heavy atom. The van der Waals surface area contributed by atoms with Crippen molar-refractivity contribution in [3.63, 3.8) is 0 Å². The van der Waals surface area contributed by atoms with Crippen molar-refractivity contribution >= 4 is 28.8 Å². The lowest BCUT2D eigenvalue weighted by Crippen LogP contribution is -2.26. The van der Waals surface area contributed by atoms with Crippen molar-refractivity contribution in [3.8, 4) is 11.5 Å². The molecule has 1 aromatic carbocycles. The summed E-state index contributed by atoms with van der Waals surface area (Å²) in [6.07, 6.45) is 0.748. The molecule has 0 atom stereocenters. The summed E-state index contributed by atoms with van der Waals surface area (Å²) >= 11 is 7.39. The molecule has 0 unspecified atom stereocenters. The molecule has 2 aromatic heterocycles. The summed E-state index contributed by atoms with van der Waals surface area (Å²) in [5.74, 6) is 0.972. The van der Waals surface area contributed by atoms with Gasteiger partial charge in [-0.05, 0) is 31.2 Å². The maximum atomic E-state index is 12.2. The van der Waals surface area contributed by atoms with Crippen LogP contribution in [0, 0.1) is 6.92 Å². The molecule has 2 heterocycles.